The molecule has 3 rings (SSSR count). The highest BCUT2D eigenvalue weighted by Crippen LogP contribution is 2.27. The number of halogens is 1. The summed E-state index contributed by atoms with van der Waals surface area (Å²) in [7, 11) is 0. The number of ether oxygens (including phenoxy) is 2. The Balaban J connectivity index is 1.51. The van der Waals surface area contributed by atoms with Gasteiger partial charge in [-0.25, -0.2) is 4.98 Å². The summed E-state index contributed by atoms with van der Waals surface area (Å²) in [6.07, 6.45) is 3.73. The van der Waals surface area contributed by atoms with Crippen LogP contribution in [0.25, 0.3) is 6.08 Å². The molecule has 158 valence electrons. The highest BCUT2D eigenvalue weighted by molar-refractivity contribution is 7.13. The Morgan fingerprint density at radius 1 is 1.23 bits per heavy atom. The van der Waals surface area contributed by atoms with Crippen molar-refractivity contribution in [1.82, 2.24) is 4.98 Å². The van der Waals surface area contributed by atoms with Crippen LogP contribution in [0.5, 0.6) is 11.5 Å². The standard InChI is InChI=1S/C23H20ClN3O3S/c1-16-3-6-19(7-4-16)29-10-2-11-30-21-8-5-17(14-20(21)24)13-18(15-25)22(28)27-23-26-9-12-31-23/h3-9,12-14H,2,10-11H2,1H3,(H,26,27,28)/b18-13-. The smallest absolute Gasteiger partial charge is 0.268 e. The number of rotatable bonds is 9. The SMILES string of the molecule is Cc1ccc(OCCCOc2ccc(/C=C(/C#N)C(=O)Nc3nccs3)cc2Cl)cc1. The molecule has 0 saturated heterocycles. The maximum Gasteiger partial charge on any atom is 0.268 e. The van der Waals surface area contributed by atoms with Crippen molar-refractivity contribution in [2.45, 2.75) is 13.3 Å². The van der Waals surface area contributed by atoms with Crippen LogP contribution >= 0.6 is 22.9 Å². The van der Waals surface area contributed by atoms with E-state index in [0.717, 1.165) is 5.75 Å². The second kappa shape index (κ2) is 11.2. The van der Waals surface area contributed by atoms with E-state index >= 15 is 0 Å². The van der Waals surface area contributed by atoms with Crippen LogP contribution in [0.1, 0.15) is 17.5 Å². The van der Waals surface area contributed by atoms with Crippen LogP contribution in [0.2, 0.25) is 5.02 Å². The van der Waals surface area contributed by atoms with Gasteiger partial charge in [0.25, 0.3) is 5.91 Å². The van der Waals surface area contributed by atoms with Crippen LogP contribution in [0.15, 0.2) is 59.6 Å². The molecule has 1 aromatic heterocycles. The molecule has 0 bridgehead atoms. The lowest BCUT2D eigenvalue weighted by Crippen LogP contribution is -2.13. The number of hydrogen-bond donors (Lipinski definition) is 1. The zero-order chi connectivity index (χ0) is 22.1. The summed E-state index contributed by atoms with van der Waals surface area (Å²) >= 11 is 7.57. The number of nitriles is 1. The molecule has 0 fully saturated rings. The molecule has 1 N–H and O–H groups in total. The summed E-state index contributed by atoms with van der Waals surface area (Å²) in [5.74, 6) is 0.828. The summed E-state index contributed by atoms with van der Waals surface area (Å²) in [5.41, 5.74) is 1.75. The van der Waals surface area contributed by atoms with Gasteiger partial charge < -0.3 is 9.47 Å². The number of thiazole rings is 1. The van der Waals surface area contributed by atoms with Gasteiger partial charge in [0.15, 0.2) is 5.13 Å². The average Bonchev–Trinajstić information content (AvgIpc) is 3.27. The van der Waals surface area contributed by atoms with Gasteiger partial charge in [0.1, 0.15) is 23.1 Å². The van der Waals surface area contributed by atoms with Crippen molar-refractivity contribution in [2.24, 2.45) is 0 Å². The molecule has 1 amide bonds. The lowest BCUT2D eigenvalue weighted by molar-refractivity contribution is -0.112. The molecule has 0 aliphatic carbocycles. The fourth-order valence-corrected chi connectivity index (χ4v) is 3.32. The molecule has 0 saturated carbocycles. The minimum absolute atomic E-state index is 0.0480. The molecule has 0 spiro atoms. The maximum atomic E-state index is 12.2. The molecule has 0 atom stereocenters. The van der Waals surface area contributed by atoms with E-state index in [1.54, 1.807) is 29.8 Å². The Hall–Kier alpha value is -3.34. The highest BCUT2D eigenvalue weighted by atomic mass is 35.5. The van der Waals surface area contributed by atoms with Gasteiger partial charge in [0, 0.05) is 18.0 Å². The topological polar surface area (TPSA) is 84.2 Å². The number of nitrogens with one attached hydrogen (secondary N) is 1. The summed E-state index contributed by atoms with van der Waals surface area (Å²) in [6, 6.07) is 14.9. The normalized spacial score (nSPS) is 10.9. The lowest BCUT2D eigenvalue weighted by Gasteiger charge is -2.10. The summed E-state index contributed by atoms with van der Waals surface area (Å²) in [6.45, 7) is 3.00. The number of nitrogens with zero attached hydrogens (tertiary/aromatic N) is 2. The molecule has 8 heteroatoms. The molecular weight excluding hydrogens is 434 g/mol. The van der Waals surface area contributed by atoms with Crippen molar-refractivity contribution in [1.29, 1.82) is 5.26 Å². The average molecular weight is 454 g/mol. The number of carbonyl (C=O) groups is 1. The van der Waals surface area contributed by atoms with Crippen molar-refractivity contribution in [2.75, 3.05) is 18.5 Å². The van der Waals surface area contributed by atoms with Gasteiger partial charge in [-0.3, -0.25) is 10.1 Å². The Labute approximate surface area is 189 Å². The predicted octanol–water partition coefficient (Wildman–Crippen LogP) is 5.50. The number of aromatic nitrogens is 1. The third-order valence-electron chi connectivity index (χ3n) is 4.12. The highest BCUT2D eigenvalue weighted by Gasteiger charge is 2.11. The van der Waals surface area contributed by atoms with E-state index in [4.69, 9.17) is 21.1 Å². The van der Waals surface area contributed by atoms with E-state index in [1.807, 2.05) is 37.3 Å². The second-order valence-electron chi connectivity index (χ2n) is 6.51. The molecule has 0 radical (unpaired) electrons. The van der Waals surface area contributed by atoms with E-state index in [2.05, 4.69) is 10.3 Å². The molecule has 0 unspecified atom stereocenters. The molecule has 0 aliphatic rings. The molecule has 31 heavy (non-hydrogen) atoms. The number of hydrogen-bond acceptors (Lipinski definition) is 6. The Kier molecular flexibility index (Phi) is 8.05. The second-order valence-corrected chi connectivity index (χ2v) is 7.82. The number of amides is 1. The van der Waals surface area contributed by atoms with E-state index in [-0.39, 0.29) is 5.57 Å². The first-order valence-corrected chi connectivity index (χ1v) is 10.8. The Morgan fingerprint density at radius 3 is 2.68 bits per heavy atom. The number of anilines is 1. The number of carbonyl (C=O) groups excluding carboxylic acids is 1. The first kappa shape index (κ1) is 22.3. The van der Waals surface area contributed by atoms with E-state index in [0.29, 0.717) is 41.1 Å². The summed E-state index contributed by atoms with van der Waals surface area (Å²) in [5, 5.41) is 14.4. The summed E-state index contributed by atoms with van der Waals surface area (Å²) < 4.78 is 11.4. The van der Waals surface area contributed by atoms with E-state index in [9.17, 15) is 10.1 Å². The Bertz CT molecular complexity index is 1090. The first-order valence-electron chi connectivity index (χ1n) is 9.49. The zero-order valence-corrected chi connectivity index (χ0v) is 18.4. The Morgan fingerprint density at radius 2 is 2.00 bits per heavy atom. The lowest BCUT2D eigenvalue weighted by atomic mass is 10.1. The molecule has 0 aliphatic heterocycles. The molecule has 3 aromatic rings. The van der Waals surface area contributed by atoms with Crippen molar-refractivity contribution in [3.63, 3.8) is 0 Å². The van der Waals surface area contributed by atoms with E-state index < -0.39 is 5.91 Å². The van der Waals surface area contributed by atoms with Gasteiger partial charge in [-0.2, -0.15) is 5.26 Å². The molecule has 6 nitrogen and oxygen atoms in total. The largest absolute Gasteiger partial charge is 0.493 e. The summed E-state index contributed by atoms with van der Waals surface area (Å²) in [4.78, 5) is 16.2. The van der Waals surface area contributed by atoms with Gasteiger partial charge in [-0.05, 0) is 42.8 Å². The minimum atomic E-state index is -0.525. The van der Waals surface area contributed by atoms with Crippen LogP contribution < -0.4 is 14.8 Å². The van der Waals surface area contributed by atoms with Gasteiger partial charge in [0.05, 0.1) is 18.2 Å². The van der Waals surface area contributed by atoms with Gasteiger partial charge >= 0.3 is 0 Å². The molecular formula is C23H20ClN3O3S. The van der Waals surface area contributed by atoms with Crippen molar-refractivity contribution in [3.8, 4) is 17.6 Å². The van der Waals surface area contributed by atoms with Crippen molar-refractivity contribution < 1.29 is 14.3 Å². The third kappa shape index (κ3) is 6.85. The van der Waals surface area contributed by atoms with Crippen molar-refractivity contribution >= 4 is 40.1 Å². The first-order chi connectivity index (χ1) is 15.0. The third-order valence-corrected chi connectivity index (χ3v) is 5.10. The number of aryl methyl sites for hydroxylation is 1. The minimum Gasteiger partial charge on any atom is -0.493 e. The predicted molar refractivity (Wildman–Crippen MR) is 123 cm³/mol. The van der Waals surface area contributed by atoms with Gasteiger partial charge in [-0.15, -0.1) is 11.3 Å². The molecule has 2 aromatic carbocycles. The zero-order valence-electron chi connectivity index (χ0n) is 16.8. The van der Waals surface area contributed by atoms with Crippen LogP contribution in [-0.4, -0.2) is 24.1 Å². The van der Waals surface area contributed by atoms with Gasteiger partial charge in [-0.1, -0.05) is 35.4 Å². The van der Waals surface area contributed by atoms with Crippen LogP contribution in [0, 0.1) is 18.3 Å². The van der Waals surface area contributed by atoms with Crippen LogP contribution in [-0.2, 0) is 4.79 Å². The number of benzene rings is 2. The molecule has 1 heterocycles. The fraction of sp³-hybridized carbons (Fsp3) is 0.174. The van der Waals surface area contributed by atoms with Crippen LogP contribution in [0.3, 0.4) is 0 Å². The maximum absolute atomic E-state index is 12.2. The quantitative estimate of drug-likeness (QED) is 0.263. The fourth-order valence-electron chi connectivity index (χ4n) is 2.55. The van der Waals surface area contributed by atoms with Crippen LogP contribution in [0.4, 0.5) is 5.13 Å². The van der Waals surface area contributed by atoms with Gasteiger partial charge in [0.2, 0.25) is 0 Å². The monoisotopic (exact) mass is 453 g/mol. The van der Waals surface area contributed by atoms with E-state index in [1.165, 1.54) is 23.0 Å². The van der Waals surface area contributed by atoms with Crippen molar-refractivity contribution in [3.05, 3.63) is 75.8 Å².